The molecule has 19 atom stereocenters. The van der Waals surface area contributed by atoms with Crippen molar-refractivity contribution >= 4 is 23.5 Å². The zero-order valence-electron chi connectivity index (χ0n) is 44.2. The third kappa shape index (κ3) is 12.5. The van der Waals surface area contributed by atoms with E-state index in [9.17, 15) is 39.2 Å². The van der Waals surface area contributed by atoms with Crippen molar-refractivity contribution in [3.63, 3.8) is 0 Å². The summed E-state index contributed by atoms with van der Waals surface area (Å²) in [4.78, 5) is 44.7. The number of amides is 1. The number of benzene rings is 1. The summed E-state index contributed by atoms with van der Waals surface area (Å²) in [6, 6.07) is 5.26. The van der Waals surface area contributed by atoms with Crippen molar-refractivity contribution in [2.24, 2.45) is 23.7 Å². The maximum Gasteiger partial charge on any atom is 0.414 e. The van der Waals surface area contributed by atoms with E-state index in [1.54, 1.807) is 58.5 Å². The molecular formula is C51H80FN5O15. The summed E-state index contributed by atoms with van der Waals surface area (Å²) in [5.41, 5.74) is -3.40. The van der Waals surface area contributed by atoms with E-state index in [4.69, 9.17) is 37.9 Å². The Hall–Kier alpha value is -3.74. The van der Waals surface area contributed by atoms with Crippen molar-refractivity contribution in [2.75, 3.05) is 39.3 Å². The molecule has 0 saturated carbocycles. The highest BCUT2D eigenvalue weighted by atomic mass is 19.1. The number of carbonyl (C=O) groups is 3. The number of esters is 1. The molecule has 21 heteroatoms. The van der Waals surface area contributed by atoms with Crippen molar-refractivity contribution in [1.29, 1.82) is 0 Å². The summed E-state index contributed by atoms with van der Waals surface area (Å²) in [6.45, 7) is 17.7. The van der Waals surface area contributed by atoms with Gasteiger partial charge in [0.2, 0.25) is 0 Å². The van der Waals surface area contributed by atoms with Crippen LogP contribution in [-0.2, 0) is 60.4 Å². The number of carbonyl (C=O) groups excluding carboxylic acids is 3. The van der Waals surface area contributed by atoms with E-state index in [1.807, 2.05) is 25.8 Å². The lowest BCUT2D eigenvalue weighted by Crippen LogP contribution is -2.61. The molecule has 20 nitrogen and oxygen atoms in total. The van der Waals surface area contributed by atoms with Crippen molar-refractivity contribution in [3.05, 3.63) is 42.0 Å². The van der Waals surface area contributed by atoms with Gasteiger partial charge in [-0.1, -0.05) is 39.0 Å². The number of cyclic esters (lactones) is 2. The molecule has 5 heterocycles. The lowest BCUT2D eigenvalue weighted by molar-refractivity contribution is -0.319. The molecule has 406 valence electrons. The summed E-state index contributed by atoms with van der Waals surface area (Å²) >= 11 is 0. The van der Waals surface area contributed by atoms with Crippen LogP contribution in [0.4, 0.5) is 14.9 Å². The highest BCUT2D eigenvalue weighted by Crippen LogP contribution is 2.42. The molecule has 4 aliphatic heterocycles. The summed E-state index contributed by atoms with van der Waals surface area (Å²) in [7, 11) is 4.85. The standard InChI is InChI=1S/C51H80FN5O15/c1-14-38-51(10,64)43(60)29(4)40(58)27(2)22-50(9,66-13)45(30(5)42(31(6)46(62)70-38)71-39-23-49(8,65-12)44(61)32(7)68-39)72-47-41(59)37(20-28(3)67-47)55(11)19-18-34-24-56(54-53-34)25-36-26-57(48(63)69-36)35-17-15-16-33(52)21-35/h15-17,21,24,27-32,36-39,41-45,47,59-61,64H,14,18-20,22-23,25-26H2,1-13H3/t27-,28-,29+,30?,31-,32+,36+,37+,38-,39+,41-,42+,43-,44+,45-,47+,49-,50-,51-/m1/s1. The topological polar surface area (TPSA) is 243 Å². The molecule has 1 unspecified atom stereocenters. The van der Waals surface area contributed by atoms with Crippen LogP contribution in [0.2, 0.25) is 0 Å². The number of aromatic nitrogens is 3. The van der Waals surface area contributed by atoms with E-state index in [0.29, 0.717) is 30.8 Å². The second kappa shape index (κ2) is 23.4. The predicted octanol–water partition coefficient (Wildman–Crippen LogP) is 3.81. The first-order chi connectivity index (χ1) is 33.8. The molecule has 4 saturated heterocycles. The minimum absolute atomic E-state index is 0.0427. The van der Waals surface area contributed by atoms with E-state index in [2.05, 4.69) is 10.3 Å². The number of methoxy groups -OCH3 is 2. The minimum Gasteiger partial charge on any atom is -0.459 e. The van der Waals surface area contributed by atoms with Gasteiger partial charge in [-0.15, -0.1) is 5.10 Å². The van der Waals surface area contributed by atoms with Crippen LogP contribution in [0.15, 0.2) is 30.5 Å². The van der Waals surface area contributed by atoms with E-state index < -0.39 is 132 Å². The first-order valence-electron chi connectivity index (χ1n) is 25.3. The summed E-state index contributed by atoms with van der Waals surface area (Å²) < 4.78 is 65.7. The van der Waals surface area contributed by atoms with Gasteiger partial charge in [-0.3, -0.25) is 14.5 Å². The fraction of sp³-hybridized carbons (Fsp3) is 0.784. The molecule has 4 fully saturated rings. The van der Waals surface area contributed by atoms with Gasteiger partial charge in [0.05, 0.1) is 72.1 Å². The Morgan fingerprint density at radius 3 is 2.26 bits per heavy atom. The van der Waals surface area contributed by atoms with Crippen LogP contribution in [0, 0.1) is 29.5 Å². The second-order valence-electron chi connectivity index (χ2n) is 21.4. The summed E-state index contributed by atoms with van der Waals surface area (Å²) in [5.74, 6) is -5.32. The van der Waals surface area contributed by atoms with Crippen molar-refractivity contribution in [2.45, 2.75) is 198 Å². The molecule has 0 bridgehead atoms. The molecule has 0 spiro atoms. The number of anilines is 1. The number of aliphatic hydroxyl groups is 4. The Balaban J connectivity index is 1.25. The van der Waals surface area contributed by atoms with Crippen LogP contribution in [0.3, 0.4) is 0 Å². The van der Waals surface area contributed by atoms with Gasteiger partial charge in [0, 0.05) is 63.6 Å². The van der Waals surface area contributed by atoms with Crippen LogP contribution < -0.4 is 4.90 Å². The van der Waals surface area contributed by atoms with Crippen LogP contribution in [0.5, 0.6) is 0 Å². The van der Waals surface area contributed by atoms with Gasteiger partial charge in [0.15, 0.2) is 12.6 Å². The van der Waals surface area contributed by atoms with Crippen LogP contribution in [0.25, 0.3) is 0 Å². The number of Topliss-reactive ketones (excluding diaryl/α,β-unsaturated/α-hetero) is 1. The SMILES string of the molecule is CC[C@H]1OC(=O)[C@H](C)[C@@H](O[C@H]2C[C@@](C)(OC)[C@@H](O)[C@H](C)O2)C(C)[C@@H](O[C@@H]2O[C@H](C)C[C@H](N(C)CCc3cn(C[C@H]4CN(c5cccc(F)c5)C(=O)O4)nn3)[C@H]2O)[C@](C)(OC)C[C@@H](C)C(=O)[C@H](C)[C@@H](O)[C@]1(C)O. The molecule has 4 aliphatic rings. The number of aliphatic hydroxyl groups excluding tert-OH is 3. The Labute approximate surface area is 422 Å². The fourth-order valence-electron chi connectivity index (χ4n) is 11.2. The highest BCUT2D eigenvalue weighted by Gasteiger charge is 2.54. The number of nitrogens with zero attached hydrogens (tertiary/aromatic N) is 5. The van der Waals surface area contributed by atoms with E-state index in [-0.39, 0.29) is 38.1 Å². The molecule has 6 rings (SSSR count). The smallest absolute Gasteiger partial charge is 0.414 e. The molecule has 1 amide bonds. The number of hydrogen-bond acceptors (Lipinski definition) is 18. The van der Waals surface area contributed by atoms with Gasteiger partial charge in [0.1, 0.15) is 41.6 Å². The van der Waals surface area contributed by atoms with Crippen molar-refractivity contribution in [3.8, 4) is 0 Å². The van der Waals surface area contributed by atoms with Gasteiger partial charge in [-0.25, -0.2) is 13.9 Å². The van der Waals surface area contributed by atoms with Gasteiger partial charge in [0.25, 0.3) is 0 Å². The molecule has 1 aromatic carbocycles. The normalized spacial score (nSPS) is 40.8. The molecule has 4 N–H and O–H groups in total. The lowest BCUT2D eigenvalue weighted by Gasteiger charge is -2.50. The van der Waals surface area contributed by atoms with Gasteiger partial charge in [-0.05, 0) is 86.1 Å². The predicted molar refractivity (Wildman–Crippen MR) is 258 cm³/mol. The summed E-state index contributed by atoms with van der Waals surface area (Å²) in [6.07, 6.45) is -8.85. The molecule has 0 aliphatic carbocycles. The Kier molecular flexibility index (Phi) is 18.7. The average Bonchev–Trinajstić information content (AvgIpc) is 3.96. The lowest BCUT2D eigenvalue weighted by atomic mass is 9.74. The number of ketones is 1. The highest BCUT2D eigenvalue weighted by molar-refractivity contribution is 5.89. The third-order valence-electron chi connectivity index (χ3n) is 15.9. The number of halogens is 1. The molecule has 2 aromatic rings. The quantitative estimate of drug-likeness (QED) is 0.197. The van der Waals surface area contributed by atoms with Gasteiger partial charge >= 0.3 is 12.1 Å². The second-order valence-corrected chi connectivity index (χ2v) is 21.4. The zero-order chi connectivity index (χ0) is 53.2. The Bertz CT molecular complexity index is 2150. The monoisotopic (exact) mass is 1020 g/mol. The summed E-state index contributed by atoms with van der Waals surface area (Å²) in [5, 5.41) is 55.4. The maximum atomic E-state index is 14.5. The largest absolute Gasteiger partial charge is 0.459 e. The number of rotatable bonds is 14. The van der Waals surface area contributed by atoms with Crippen molar-refractivity contribution < 1.29 is 77.1 Å². The number of hydrogen-bond donors (Lipinski definition) is 4. The minimum atomic E-state index is -2.02. The molecule has 72 heavy (non-hydrogen) atoms. The fourth-order valence-corrected chi connectivity index (χ4v) is 11.2. The first-order valence-corrected chi connectivity index (χ1v) is 25.3. The zero-order valence-corrected chi connectivity index (χ0v) is 44.2. The van der Waals surface area contributed by atoms with Gasteiger partial charge < -0.3 is 63.2 Å². The molecule has 0 radical (unpaired) electrons. The Morgan fingerprint density at radius 1 is 0.917 bits per heavy atom. The van der Waals surface area contributed by atoms with Crippen LogP contribution in [0.1, 0.15) is 101 Å². The van der Waals surface area contributed by atoms with Gasteiger partial charge in [-0.2, -0.15) is 0 Å². The molecule has 1 aromatic heterocycles. The van der Waals surface area contributed by atoms with Crippen LogP contribution in [-0.4, -0.2) is 183 Å². The van der Waals surface area contributed by atoms with Crippen LogP contribution >= 0.6 is 0 Å². The maximum absolute atomic E-state index is 14.5. The number of ether oxygens (including phenoxy) is 8. The van der Waals surface area contributed by atoms with E-state index in [0.717, 1.165) is 0 Å². The number of likely N-dealkylation sites (N-methyl/N-ethyl adjacent to an activating group) is 1. The van der Waals surface area contributed by atoms with E-state index >= 15 is 0 Å². The first kappa shape index (κ1) is 57.5. The average molecular weight is 1020 g/mol. The van der Waals surface area contributed by atoms with Crippen molar-refractivity contribution in [1.82, 2.24) is 19.9 Å². The van der Waals surface area contributed by atoms with E-state index in [1.165, 1.54) is 51.2 Å². The molecular weight excluding hydrogens is 942 g/mol. The third-order valence-corrected chi connectivity index (χ3v) is 15.9. The Morgan fingerprint density at radius 2 is 1.61 bits per heavy atom.